The molecule has 0 aromatic carbocycles. The van der Waals surface area contributed by atoms with E-state index in [1.807, 2.05) is 24.9 Å². The minimum absolute atomic E-state index is 0.0292. The Labute approximate surface area is 102 Å². The van der Waals surface area contributed by atoms with Gasteiger partial charge in [-0.2, -0.15) is 0 Å². The molecule has 0 spiro atoms. The molecule has 1 aliphatic carbocycles. The minimum atomic E-state index is -0.284. The van der Waals surface area contributed by atoms with Crippen LogP contribution in [0.15, 0.2) is 12.2 Å². The molecule has 4 unspecified atom stereocenters. The van der Waals surface area contributed by atoms with Crippen LogP contribution in [-0.4, -0.2) is 42.4 Å². The molecule has 2 aliphatic rings. The molecule has 2 rings (SSSR count). The summed E-state index contributed by atoms with van der Waals surface area (Å²) in [6, 6.07) is -0.134. The summed E-state index contributed by atoms with van der Waals surface area (Å²) in [5, 5.41) is 0. The molecule has 4 nitrogen and oxygen atoms in total. The molecule has 0 saturated carbocycles. The van der Waals surface area contributed by atoms with Crippen LogP contribution in [0.5, 0.6) is 0 Å². The lowest BCUT2D eigenvalue weighted by atomic mass is 9.81. The van der Waals surface area contributed by atoms with Crippen LogP contribution >= 0.6 is 0 Å². The second-order valence-electron chi connectivity index (χ2n) is 4.86. The number of rotatable bonds is 2. The third kappa shape index (κ3) is 1.90. The molecule has 0 amide bonds. The Morgan fingerprint density at radius 2 is 2.29 bits per heavy atom. The average molecular weight is 237 g/mol. The number of esters is 1. The van der Waals surface area contributed by atoms with Crippen LogP contribution in [-0.2, 0) is 14.3 Å². The van der Waals surface area contributed by atoms with Gasteiger partial charge in [-0.25, -0.2) is 0 Å². The van der Waals surface area contributed by atoms with Crippen LogP contribution in [0.2, 0.25) is 0 Å². The molecule has 0 aromatic rings. The number of ether oxygens (including phenoxy) is 1. The molecule has 1 saturated heterocycles. The van der Waals surface area contributed by atoms with E-state index < -0.39 is 0 Å². The Balaban J connectivity index is 2.22. The van der Waals surface area contributed by atoms with E-state index in [-0.39, 0.29) is 35.7 Å². The van der Waals surface area contributed by atoms with Gasteiger partial charge in [-0.3, -0.25) is 14.5 Å². The van der Waals surface area contributed by atoms with E-state index in [4.69, 9.17) is 4.74 Å². The highest BCUT2D eigenvalue weighted by molar-refractivity contribution is 5.94. The van der Waals surface area contributed by atoms with E-state index in [0.29, 0.717) is 6.61 Å². The molecular weight excluding hydrogens is 218 g/mol. The molecule has 4 atom stereocenters. The van der Waals surface area contributed by atoms with Crippen molar-refractivity contribution in [2.75, 3.05) is 13.7 Å². The number of carbonyl (C=O) groups is 2. The van der Waals surface area contributed by atoms with Crippen LogP contribution < -0.4 is 0 Å². The highest BCUT2D eigenvalue weighted by Crippen LogP contribution is 2.39. The van der Waals surface area contributed by atoms with Gasteiger partial charge in [-0.05, 0) is 32.4 Å². The first kappa shape index (κ1) is 12.3. The molecule has 0 bridgehead atoms. The Morgan fingerprint density at radius 1 is 1.59 bits per heavy atom. The van der Waals surface area contributed by atoms with Gasteiger partial charge in [0.1, 0.15) is 6.04 Å². The lowest BCUT2D eigenvalue weighted by Crippen LogP contribution is -2.41. The summed E-state index contributed by atoms with van der Waals surface area (Å²) < 4.78 is 5.10. The van der Waals surface area contributed by atoms with Crippen molar-refractivity contribution in [1.82, 2.24) is 4.90 Å². The quantitative estimate of drug-likeness (QED) is 0.673. The first-order valence-corrected chi connectivity index (χ1v) is 6.16. The highest BCUT2D eigenvalue weighted by Gasteiger charge is 2.51. The third-order valence-corrected chi connectivity index (χ3v) is 3.96. The van der Waals surface area contributed by atoms with E-state index in [9.17, 15) is 9.59 Å². The average Bonchev–Trinajstić information content (AvgIpc) is 2.53. The first-order valence-electron chi connectivity index (χ1n) is 6.16. The normalized spacial score (nSPS) is 37.0. The summed E-state index contributed by atoms with van der Waals surface area (Å²) in [4.78, 5) is 25.8. The standard InChI is InChI=1S/C13H19NO3/c1-4-17-13(16)12-8(2)11-9(14(12)3)6-5-7-10(11)15/h5,7-9,11-12H,4,6H2,1-3H3. The molecule has 0 N–H and O–H groups in total. The van der Waals surface area contributed by atoms with Gasteiger partial charge >= 0.3 is 5.97 Å². The Bertz CT molecular complexity index is 364. The molecule has 1 heterocycles. The monoisotopic (exact) mass is 237 g/mol. The SMILES string of the molecule is CCOC(=O)C1C(C)C2C(=O)C=CCC2N1C. The van der Waals surface area contributed by atoms with E-state index >= 15 is 0 Å². The molecule has 4 heteroatoms. The van der Waals surface area contributed by atoms with Crippen molar-refractivity contribution in [1.29, 1.82) is 0 Å². The summed E-state index contributed by atoms with van der Waals surface area (Å²) >= 11 is 0. The lowest BCUT2D eigenvalue weighted by Gasteiger charge is -2.26. The zero-order valence-electron chi connectivity index (χ0n) is 10.6. The number of nitrogens with zero attached hydrogens (tertiary/aromatic N) is 1. The van der Waals surface area contributed by atoms with Crippen molar-refractivity contribution in [3.63, 3.8) is 0 Å². The van der Waals surface area contributed by atoms with Crippen molar-refractivity contribution in [3.05, 3.63) is 12.2 Å². The zero-order valence-corrected chi connectivity index (χ0v) is 10.6. The molecule has 1 fully saturated rings. The summed E-state index contributed by atoms with van der Waals surface area (Å²) in [7, 11) is 1.91. The fourth-order valence-electron chi connectivity index (χ4n) is 3.18. The molecule has 17 heavy (non-hydrogen) atoms. The summed E-state index contributed by atoms with van der Waals surface area (Å²) in [6.07, 6.45) is 4.40. The van der Waals surface area contributed by atoms with Gasteiger partial charge in [0.05, 0.1) is 6.61 Å². The fourth-order valence-corrected chi connectivity index (χ4v) is 3.18. The molecule has 0 aromatic heterocycles. The van der Waals surface area contributed by atoms with Crippen LogP contribution in [0.25, 0.3) is 0 Å². The summed E-state index contributed by atoms with van der Waals surface area (Å²) in [6.45, 7) is 4.16. The van der Waals surface area contributed by atoms with Crippen LogP contribution in [0.4, 0.5) is 0 Å². The number of carbonyl (C=O) groups excluding carboxylic acids is 2. The maximum atomic E-state index is 11.9. The number of hydrogen-bond donors (Lipinski definition) is 0. The van der Waals surface area contributed by atoms with Crippen molar-refractivity contribution in [2.45, 2.75) is 32.4 Å². The van der Waals surface area contributed by atoms with Crippen molar-refractivity contribution in [2.24, 2.45) is 11.8 Å². The largest absolute Gasteiger partial charge is 0.465 e. The molecular formula is C13H19NO3. The van der Waals surface area contributed by atoms with E-state index in [0.717, 1.165) is 6.42 Å². The predicted molar refractivity (Wildman–Crippen MR) is 63.4 cm³/mol. The second-order valence-corrected chi connectivity index (χ2v) is 4.86. The number of fused-ring (bicyclic) bond motifs is 1. The number of likely N-dealkylation sites (N-methyl/N-ethyl adjacent to an activating group) is 1. The third-order valence-electron chi connectivity index (χ3n) is 3.96. The minimum Gasteiger partial charge on any atom is -0.465 e. The number of allylic oxidation sites excluding steroid dienone is 1. The van der Waals surface area contributed by atoms with Gasteiger partial charge in [0, 0.05) is 12.0 Å². The van der Waals surface area contributed by atoms with E-state index in [2.05, 4.69) is 0 Å². The van der Waals surface area contributed by atoms with E-state index in [1.54, 1.807) is 13.0 Å². The van der Waals surface area contributed by atoms with Crippen molar-refractivity contribution in [3.8, 4) is 0 Å². The van der Waals surface area contributed by atoms with Crippen molar-refractivity contribution < 1.29 is 14.3 Å². The Hall–Kier alpha value is -1.16. The van der Waals surface area contributed by atoms with Gasteiger partial charge in [0.2, 0.25) is 0 Å². The van der Waals surface area contributed by atoms with Crippen molar-refractivity contribution >= 4 is 11.8 Å². The van der Waals surface area contributed by atoms with Crippen LogP contribution in [0.1, 0.15) is 20.3 Å². The topological polar surface area (TPSA) is 46.6 Å². The molecule has 0 radical (unpaired) electrons. The second kappa shape index (κ2) is 4.61. The highest BCUT2D eigenvalue weighted by atomic mass is 16.5. The van der Waals surface area contributed by atoms with Gasteiger partial charge < -0.3 is 4.74 Å². The Morgan fingerprint density at radius 3 is 2.88 bits per heavy atom. The maximum absolute atomic E-state index is 11.9. The summed E-state index contributed by atoms with van der Waals surface area (Å²) in [5.41, 5.74) is 0. The number of ketones is 1. The number of hydrogen-bond acceptors (Lipinski definition) is 4. The van der Waals surface area contributed by atoms with Gasteiger partial charge in [-0.1, -0.05) is 13.0 Å². The van der Waals surface area contributed by atoms with Crippen LogP contribution in [0, 0.1) is 11.8 Å². The summed E-state index contributed by atoms with van der Waals surface area (Å²) in [5.74, 6) is -0.0852. The molecule has 1 aliphatic heterocycles. The van der Waals surface area contributed by atoms with Gasteiger partial charge in [-0.15, -0.1) is 0 Å². The van der Waals surface area contributed by atoms with E-state index in [1.165, 1.54) is 0 Å². The van der Waals surface area contributed by atoms with Gasteiger partial charge in [0.15, 0.2) is 5.78 Å². The van der Waals surface area contributed by atoms with Gasteiger partial charge in [0.25, 0.3) is 0 Å². The number of likely N-dealkylation sites (tertiary alicyclic amines) is 1. The molecule has 94 valence electrons. The van der Waals surface area contributed by atoms with Crippen LogP contribution in [0.3, 0.4) is 0 Å². The smallest absolute Gasteiger partial charge is 0.323 e. The zero-order chi connectivity index (χ0) is 12.6. The predicted octanol–water partition coefficient (Wildman–Crippen LogP) is 1.01. The Kier molecular flexibility index (Phi) is 3.33. The maximum Gasteiger partial charge on any atom is 0.323 e. The lowest BCUT2D eigenvalue weighted by molar-refractivity contribution is -0.149. The fraction of sp³-hybridized carbons (Fsp3) is 0.692. The first-order chi connectivity index (χ1) is 8.07.